The van der Waals surface area contributed by atoms with Crippen LogP contribution in [0.25, 0.3) is 11.3 Å². The first-order valence-electron chi connectivity index (χ1n) is 4.64. The van der Waals surface area contributed by atoms with Crippen molar-refractivity contribution in [1.82, 2.24) is 4.98 Å². The van der Waals surface area contributed by atoms with Gasteiger partial charge in [0.05, 0.1) is 15.7 Å². The molecule has 0 unspecified atom stereocenters. The third-order valence-corrected chi connectivity index (χ3v) is 3.48. The Bertz CT molecular complexity index is 522. The van der Waals surface area contributed by atoms with Gasteiger partial charge in [0.25, 0.3) is 0 Å². The lowest BCUT2D eigenvalue weighted by Crippen LogP contribution is -2.10. The highest BCUT2D eigenvalue weighted by Crippen LogP contribution is 2.24. The number of hydrogen-bond donors (Lipinski definition) is 1. The first-order chi connectivity index (χ1) is 7.65. The van der Waals surface area contributed by atoms with E-state index < -0.39 is 0 Å². The van der Waals surface area contributed by atoms with Crippen molar-refractivity contribution in [2.45, 2.75) is 6.42 Å². The summed E-state index contributed by atoms with van der Waals surface area (Å²) in [7, 11) is 0. The van der Waals surface area contributed by atoms with E-state index in [0.717, 1.165) is 20.7 Å². The van der Waals surface area contributed by atoms with Gasteiger partial charge in [-0.05, 0) is 12.1 Å². The van der Waals surface area contributed by atoms with Gasteiger partial charge >= 0.3 is 0 Å². The molecule has 2 nitrogen and oxygen atoms in total. The smallest absolute Gasteiger partial charge is 0.1000 e. The van der Waals surface area contributed by atoms with E-state index in [1.165, 1.54) is 0 Å². The van der Waals surface area contributed by atoms with Crippen LogP contribution in [-0.4, -0.2) is 9.97 Å². The van der Waals surface area contributed by atoms with Crippen molar-refractivity contribution in [2.75, 3.05) is 0 Å². The van der Waals surface area contributed by atoms with Crippen LogP contribution in [0.1, 0.15) is 5.01 Å². The van der Waals surface area contributed by atoms with Crippen LogP contribution in [0.4, 0.5) is 0 Å². The summed E-state index contributed by atoms with van der Waals surface area (Å²) in [5.74, 6) is 0. The lowest BCUT2D eigenvalue weighted by atomic mass is 10.2. The van der Waals surface area contributed by atoms with Crippen LogP contribution in [0.2, 0.25) is 0 Å². The zero-order valence-electron chi connectivity index (χ0n) is 8.31. The van der Waals surface area contributed by atoms with Crippen LogP contribution in [0.5, 0.6) is 0 Å². The molecule has 0 saturated heterocycles. The highest BCUT2D eigenvalue weighted by atomic mass is 79.9. The molecule has 0 aliphatic rings. The third-order valence-electron chi connectivity index (χ3n) is 2.00. The Morgan fingerprint density at radius 1 is 1.50 bits per heavy atom. The largest absolute Gasteiger partial charge is 0.393 e. The molecular weight excluding hydrogens is 304 g/mol. The highest BCUT2D eigenvalue weighted by Gasteiger charge is 2.05. The van der Waals surface area contributed by atoms with Gasteiger partial charge in [0.2, 0.25) is 0 Å². The lowest BCUT2D eigenvalue weighted by Gasteiger charge is -1.97. The molecule has 5 heteroatoms. The molecule has 2 N–H and O–H groups in total. The Hall–Kier alpha value is -0.780. The quantitative estimate of drug-likeness (QED) is 0.883. The summed E-state index contributed by atoms with van der Waals surface area (Å²) in [4.78, 5) is 4.97. The van der Waals surface area contributed by atoms with Gasteiger partial charge in [0.15, 0.2) is 0 Å². The minimum absolute atomic E-state index is 0.482. The number of nitrogens with zero attached hydrogens (tertiary/aromatic N) is 1. The van der Waals surface area contributed by atoms with E-state index >= 15 is 0 Å². The lowest BCUT2D eigenvalue weighted by molar-refractivity contribution is 1.23. The Morgan fingerprint density at radius 3 is 3.00 bits per heavy atom. The number of benzene rings is 1. The summed E-state index contributed by atoms with van der Waals surface area (Å²) < 4.78 is 1.05. The van der Waals surface area contributed by atoms with E-state index in [1.807, 2.05) is 29.6 Å². The number of thiazole rings is 1. The van der Waals surface area contributed by atoms with Crippen molar-refractivity contribution in [1.29, 1.82) is 0 Å². The van der Waals surface area contributed by atoms with Crippen molar-refractivity contribution in [2.24, 2.45) is 5.73 Å². The first-order valence-corrected chi connectivity index (χ1v) is 6.72. The fourth-order valence-electron chi connectivity index (χ4n) is 1.32. The summed E-state index contributed by atoms with van der Waals surface area (Å²) in [6, 6.07) is 8.06. The molecule has 0 saturated carbocycles. The van der Waals surface area contributed by atoms with Crippen LogP contribution in [-0.2, 0) is 6.42 Å². The van der Waals surface area contributed by atoms with Crippen molar-refractivity contribution in [3.63, 3.8) is 0 Å². The molecule has 1 aromatic carbocycles. The van der Waals surface area contributed by atoms with Gasteiger partial charge in [0.1, 0.15) is 0 Å². The molecule has 0 aliphatic carbocycles. The third kappa shape index (κ3) is 2.87. The van der Waals surface area contributed by atoms with Gasteiger partial charge in [-0.3, -0.25) is 0 Å². The SMILES string of the molecule is NC(=S)Cc1nc(-c2cccc(Br)c2)cs1. The molecule has 0 amide bonds. The van der Waals surface area contributed by atoms with Crippen LogP contribution in [0, 0.1) is 0 Å². The average molecular weight is 313 g/mol. The number of thiocarbonyl (C=S) groups is 1. The first kappa shape index (κ1) is 11.7. The second-order valence-corrected chi connectivity index (χ2v) is 5.66. The van der Waals surface area contributed by atoms with Crippen molar-refractivity contribution < 1.29 is 0 Å². The maximum absolute atomic E-state index is 5.49. The molecule has 0 radical (unpaired) electrons. The number of halogens is 1. The number of nitrogens with two attached hydrogens (primary N) is 1. The van der Waals surface area contributed by atoms with Gasteiger partial charge in [-0.25, -0.2) is 4.98 Å². The van der Waals surface area contributed by atoms with Crippen molar-refractivity contribution >= 4 is 44.5 Å². The molecule has 0 spiro atoms. The van der Waals surface area contributed by atoms with Crippen LogP contribution in [0.15, 0.2) is 34.1 Å². The molecule has 0 atom stereocenters. The second kappa shape index (κ2) is 5.03. The van der Waals surface area contributed by atoms with Crippen LogP contribution in [0.3, 0.4) is 0 Å². The molecule has 1 aromatic heterocycles. The van der Waals surface area contributed by atoms with Gasteiger partial charge in [0, 0.05) is 21.8 Å². The standard InChI is InChI=1S/C11H9BrN2S2/c12-8-3-1-2-7(4-8)9-6-16-11(14-9)5-10(13)15/h1-4,6H,5H2,(H2,13,15). The average Bonchev–Trinajstić information content (AvgIpc) is 2.65. The van der Waals surface area contributed by atoms with Crippen LogP contribution >= 0.6 is 39.5 Å². The number of aromatic nitrogens is 1. The van der Waals surface area contributed by atoms with Crippen molar-refractivity contribution in [3.8, 4) is 11.3 Å². The van der Waals surface area contributed by atoms with Gasteiger partial charge < -0.3 is 5.73 Å². The van der Waals surface area contributed by atoms with Gasteiger partial charge in [-0.1, -0.05) is 40.3 Å². The molecule has 1 heterocycles. The summed E-state index contributed by atoms with van der Waals surface area (Å²) in [5, 5.41) is 2.98. The van der Waals surface area contributed by atoms with Gasteiger partial charge in [-0.15, -0.1) is 11.3 Å². The fraction of sp³-hybridized carbons (Fsp3) is 0.0909. The summed E-state index contributed by atoms with van der Waals surface area (Å²) >= 11 is 9.89. The van der Waals surface area contributed by atoms with E-state index in [1.54, 1.807) is 11.3 Å². The highest BCUT2D eigenvalue weighted by molar-refractivity contribution is 9.10. The molecule has 0 bridgehead atoms. The second-order valence-electron chi connectivity index (χ2n) is 3.28. The predicted octanol–water partition coefficient (Wildman–Crippen LogP) is 3.40. The van der Waals surface area contributed by atoms with E-state index in [4.69, 9.17) is 18.0 Å². The van der Waals surface area contributed by atoms with E-state index in [9.17, 15) is 0 Å². The van der Waals surface area contributed by atoms with Crippen molar-refractivity contribution in [3.05, 3.63) is 39.1 Å². The number of hydrogen-bond acceptors (Lipinski definition) is 3. The molecule has 0 aliphatic heterocycles. The Kier molecular flexibility index (Phi) is 3.68. The van der Waals surface area contributed by atoms with E-state index in [2.05, 4.69) is 20.9 Å². The molecule has 82 valence electrons. The Balaban J connectivity index is 2.28. The zero-order chi connectivity index (χ0) is 11.5. The molecule has 2 aromatic rings. The number of rotatable bonds is 3. The Labute approximate surface area is 112 Å². The molecule has 2 rings (SSSR count). The predicted molar refractivity (Wildman–Crippen MR) is 75.7 cm³/mol. The van der Waals surface area contributed by atoms with E-state index in [0.29, 0.717) is 11.4 Å². The monoisotopic (exact) mass is 312 g/mol. The van der Waals surface area contributed by atoms with E-state index in [-0.39, 0.29) is 0 Å². The van der Waals surface area contributed by atoms with Crippen LogP contribution < -0.4 is 5.73 Å². The summed E-state index contributed by atoms with van der Waals surface area (Å²) in [5.41, 5.74) is 7.55. The minimum atomic E-state index is 0.482. The maximum Gasteiger partial charge on any atom is 0.1000 e. The normalized spacial score (nSPS) is 10.3. The molecule has 0 fully saturated rings. The van der Waals surface area contributed by atoms with Gasteiger partial charge in [-0.2, -0.15) is 0 Å². The Morgan fingerprint density at radius 2 is 2.31 bits per heavy atom. The molecule has 16 heavy (non-hydrogen) atoms. The maximum atomic E-state index is 5.49. The zero-order valence-corrected chi connectivity index (χ0v) is 11.5. The molecular formula is C11H9BrN2S2. The topological polar surface area (TPSA) is 38.9 Å². The minimum Gasteiger partial charge on any atom is -0.393 e. The summed E-state index contributed by atoms with van der Waals surface area (Å²) in [6.07, 6.45) is 0.577. The summed E-state index contributed by atoms with van der Waals surface area (Å²) in [6.45, 7) is 0. The fourth-order valence-corrected chi connectivity index (χ4v) is 2.78.